The van der Waals surface area contributed by atoms with Gasteiger partial charge in [-0.15, -0.1) is 0 Å². The molecule has 0 saturated heterocycles. The first kappa shape index (κ1) is 26.9. The second-order valence-corrected chi connectivity index (χ2v) is 18.0. The van der Waals surface area contributed by atoms with Crippen molar-refractivity contribution in [2.75, 3.05) is 5.79 Å². The molecule has 2 aromatic rings. The Balaban J connectivity index is 0.00000210. The van der Waals surface area contributed by atoms with Gasteiger partial charge in [-0.1, -0.05) is 0 Å². The molecule has 0 saturated carbocycles. The van der Waals surface area contributed by atoms with Crippen LogP contribution in [-0.2, 0) is 20.4 Å². The first-order valence-corrected chi connectivity index (χ1v) is 15.2. The zero-order valence-corrected chi connectivity index (χ0v) is 23.2. The smallest absolute Gasteiger partial charge is 1.00 e. The van der Waals surface area contributed by atoms with E-state index in [-0.39, 0.29) is 36.1 Å². The Kier molecular flexibility index (Phi) is 9.69. The van der Waals surface area contributed by atoms with Crippen LogP contribution in [0.3, 0.4) is 0 Å². The number of hydrogen-bond acceptors (Lipinski definition) is 0. The summed E-state index contributed by atoms with van der Waals surface area (Å²) in [5.41, 5.74) is 6.29. The van der Waals surface area contributed by atoms with Gasteiger partial charge in [0.25, 0.3) is 0 Å². The van der Waals surface area contributed by atoms with Crippen LogP contribution in [0.5, 0.6) is 0 Å². The van der Waals surface area contributed by atoms with E-state index in [1.54, 1.807) is 11.1 Å². The number of hydrogen-bond donors (Lipinski definition) is 0. The van der Waals surface area contributed by atoms with Crippen molar-refractivity contribution >= 4 is 26.6 Å². The molecule has 29 heavy (non-hydrogen) atoms. The monoisotopic (exact) mass is 495 g/mol. The van der Waals surface area contributed by atoms with E-state index in [1.807, 2.05) is 0 Å². The maximum atomic E-state index is 2.62. The van der Waals surface area contributed by atoms with Crippen LogP contribution in [0.25, 0.3) is 0 Å². The van der Waals surface area contributed by atoms with Gasteiger partial charge in [0.2, 0.25) is 0 Å². The van der Waals surface area contributed by atoms with E-state index in [9.17, 15) is 0 Å². The molecule has 0 amide bonds. The van der Waals surface area contributed by atoms with Gasteiger partial charge in [-0.25, -0.2) is 0 Å². The van der Waals surface area contributed by atoms with E-state index in [2.05, 4.69) is 122 Å². The van der Waals surface area contributed by atoms with E-state index >= 15 is 0 Å². The summed E-state index contributed by atoms with van der Waals surface area (Å²) in [6.07, 6.45) is 0. The molecule has 0 fully saturated rings. The van der Waals surface area contributed by atoms with Gasteiger partial charge in [0.15, 0.2) is 0 Å². The third-order valence-electron chi connectivity index (χ3n) is 6.52. The van der Waals surface area contributed by atoms with Crippen molar-refractivity contribution in [2.24, 2.45) is 0 Å². The molecule has 1 aliphatic carbocycles. The van der Waals surface area contributed by atoms with Gasteiger partial charge in [0, 0.05) is 0 Å². The van der Waals surface area contributed by atoms with Crippen LogP contribution < -0.4 is 35.4 Å². The topological polar surface area (TPSA) is 0 Å². The van der Waals surface area contributed by atoms with Crippen molar-refractivity contribution in [3.63, 3.8) is 0 Å². The normalized spacial score (nSPS) is 16.0. The third-order valence-corrected chi connectivity index (χ3v) is 19.9. The molecule has 0 heterocycles. The molecule has 1 aliphatic rings. The molecular weight excluding hydrogens is 466 g/mol. The molecule has 0 spiro atoms. The molecular formula is C24H30Cl2PSiTi. The van der Waals surface area contributed by atoms with Crippen molar-refractivity contribution in [1.29, 1.82) is 0 Å². The Morgan fingerprint density at radius 3 is 1.41 bits per heavy atom. The van der Waals surface area contributed by atoms with E-state index in [4.69, 9.17) is 0 Å². The first-order valence-electron chi connectivity index (χ1n) is 9.69. The van der Waals surface area contributed by atoms with Crippen LogP contribution in [0.2, 0.25) is 16.4 Å². The van der Waals surface area contributed by atoms with Crippen LogP contribution in [0.15, 0.2) is 83.0 Å². The third kappa shape index (κ3) is 4.87. The fourth-order valence-electron chi connectivity index (χ4n) is 4.48. The number of benzene rings is 2. The van der Waals surface area contributed by atoms with Gasteiger partial charge < -0.3 is 24.8 Å². The Hall–Kier alpha value is -0.139. The molecule has 0 unspecified atom stereocenters. The second kappa shape index (κ2) is 10.4. The molecule has 0 atom stereocenters. The zero-order chi connectivity index (χ0) is 19.8. The predicted octanol–water partition coefficient (Wildman–Crippen LogP) is 0.306. The summed E-state index contributed by atoms with van der Waals surface area (Å²) in [6, 6.07) is 22.4. The van der Waals surface area contributed by atoms with E-state index in [0.717, 1.165) is 0 Å². The van der Waals surface area contributed by atoms with E-state index in [1.165, 1.54) is 27.5 Å². The van der Waals surface area contributed by atoms with Crippen molar-refractivity contribution in [3.05, 3.63) is 83.0 Å². The molecule has 3 rings (SSSR count). The average molecular weight is 496 g/mol. The van der Waals surface area contributed by atoms with Gasteiger partial charge in [0.1, 0.15) is 0 Å². The van der Waals surface area contributed by atoms with Gasteiger partial charge in [-0.05, 0) is 0 Å². The molecule has 0 radical (unpaired) electrons. The summed E-state index contributed by atoms with van der Waals surface area (Å²) < 4.78 is 0.255. The van der Waals surface area contributed by atoms with Crippen molar-refractivity contribution < 1.29 is 45.2 Å². The quantitative estimate of drug-likeness (QED) is 0.413. The maximum absolute atomic E-state index is 2.62. The Labute approximate surface area is 203 Å². The van der Waals surface area contributed by atoms with Gasteiger partial charge in [0.05, 0.1) is 0 Å². The predicted molar refractivity (Wildman–Crippen MR) is 121 cm³/mol. The summed E-state index contributed by atoms with van der Waals surface area (Å²) in [6.45, 7) is 14.6. The number of allylic oxidation sites excluding steroid dienone is 4. The first-order chi connectivity index (χ1) is 12.7. The Morgan fingerprint density at radius 2 is 1.07 bits per heavy atom. The number of halogens is 2. The van der Waals surface area contributed by atoms with Crippen molar-refractivity contribution in [2.45, 2.75) is 44.1 Å². The van der Waals surface area contributed by atoms with Gasteiger partial charge >= 0.3 is 180 Å². The zero-order valence-electron chi connectivity index (χ0n) is 18.2. The van der Waals surface area contributed by atoms with Crippen LogP contribution in [-0.4, -0.2) is 13.9 Å². The molecule has 2 aromatic carbocycles. The maximum Gasteiger partial charge on any atom is -1.00 e. The van der Waals surface area contributed by atoms with Crippen LogP contribution >= 0.6 is 7.92 Å². The van der Waals surface area contributed by atoms with Gasteiger partial charge in [-0.2, -0.15) is 0 Å². The minimum atomic E-state index is -1.62. The average Bonchev–Trinajstić information content (AvgIpc) is 2.84. The molecule has 0 aromatic heterocycles. The SMILES string of the molecule is CC1=C(C)[C]([Ti+2])([Si](C)(C)CP(c2ccccc2)c2ccccc2)C(C)=C1C.[Cl-].[Cl-]. The van der Waals surface area contributed by atoms with E-state index in [0.29, 0.717) is 0 Å². The summed E-state index contributed by atoms with van der Waals surface area (Å²) >= 11 is 2.54. The number of rotatable bonds is 5. The Morgan fingerprint density at radius 1 is 0.724 bits per heavy atom. The largest absolute Gasteiger partial charge is 1.00 e. The van der Waals surface area contributed by atoms with Crippen molar-refractivity contribution in [1.82, 2.24) is 0 Å². The van der Waals surface area contributed by atoms with Gasteiger partial charge in [-0.3, -0.25) is 0 Å². The fourth-order valence-corrected chi connectivity index (χ4v) is 15.5. The minimum Gasteiger partial charge on any atom is -1.00 e. The fraction of sp³-hybridized carbons (Fsp3) is 0.333. The summed E-state index contributed by atoms with van der Waals surface area (Å²) in [4.78, 5) is 0. The molecule has 0 aliphatic heterocycles. The van der Waals surface area contributed by atoms with Crippen molar-refractivity contribution in [3.8, 4) is 0 Å². The Bertz CT molecular complexity index is 828. The molecule has 0 bridgehead atoms. The summed E-state index contributed by atoms with van der Waals surface area (Å²) in [5, 5.41) is 3.02. The minimum absolute atomic E-state index is 0. The summed E-state index contributed by atoms with van der Waals surface area (Å²) in [5.74, 6) is 1.32. The van der Waals surface area contributed by atoms with E-state index < -0.39 is 8.07 Å². The summed E-state index contributed by atoms with van der Waals surface area (Å²) in [7, 11) is -1.96. The van der Waals surface area contributed by atoms with Crippen LogP contribution in [0.4, 0.5) is 0 Å². The standard InChI is InChI=1S/C24H30PSi.2ClH.Ti/c1-18-19(2)21(4)24(20(18)3)26(5,6)17-25(22-13-9-7-10-14-22)23-15-11-8-12-16-23;;;/h7-16H,17H2,1-6H3;2*1H;/q;;;+2/p-2. The van der Waals surface area contributed by atoms with Crippen LogP contribution in [0.1, 0.15) is 27.7 Å². The second-order valence-electron chi connectivity index (χ2n) is 8.39. The molecule has 153 valence electrons. The van der Waals surface area contributed by atoms with Crippen LogP contribution in [0, 0.1) is 0 Å². The molecule has 5 heteroatoms. The molecule has 0 nitrogen and oxygen atoms in total. The molecule has 0 N–H and O–H groups in total.